The predicted octanol–water partition coefficient (Wildman–Crippen LogP) is 4.66. The molecule has 0 fully saturated rings. The monoisotopic (exact) mass is 392 g/mol. The third-order valence-corrected chi connectivity index (χ3v) is 3.83. The number of hydrogen-bond acceptors (Lipinski definition) is 6. The molecule has 0 radical (unpaired) electrons. The Morgan fingerprint density at radius 2 is 1.83 bits per heavy atom. The van der Waals surface area contributed by atoms with Gasteiger partial charge in [-0.1, -0.05) is 12.1 Å². The number of carbonyl (C=O) groups excluding carboxylic acids is 1. The van der Waals surface area contributed by atoms with Crippen molar-refractivity contribution < 1.29 is 14.3 Å². The van der Waals surface area contributed by atoms with Gasteiger partial charge in [0.15, 0.2) is 0 Å². The molecule has 2 N–H and O–H groups in total. The summed E-state index contributed by atoms with van der Waals surface area (Å²) in [4.78, 5) is 20.9. The number of aromatic nitrogens is 2. The van der Waals surface area contributed by atoms with Gasteiger partial charge in [-0.25, -0.2) is 9.97 Å². The van der Waals surface area contributed by atoms with Crippen LogP contribution in [0.5, 0.6) is 11.5 Å². The Balaban J connectivity index is 1.70. The number of amides is 1. The van der Waals surface area contributed by atoms with Gasteiger partial charge in [-0.2, -0.15) is 0 Å². The summed E-state index contributed by atoms with van der Waals surface area (Å²) in [6.07, 6.45) is 1.46. The van der Waals surface area contributed by atoms with Crippen LogP contribution in [-0.2, 0) is 0 Å². The maximum atomic E-state index is 12.6. The van der Waals surface area contributed by atoms with Crippen molar-refractivity contribution in [3.63, 3.8) is 0 Å². The first kappa shape index (κ1) is 20.1. The number of para-hydroxylation sites is 2. The highest BCUT2D eigenvalue weighted by Crippen LogP contribution is 2.24. The highest BCUT2D eigenvalue weighted by molar-refractivity contribution is 6.04. The summed E-state index contributed by atoms with van der Waals surface area (Å²) in [5.41, 5.74) is 1.66. The lowest BCUT2D eigenvalue weighted by molar-refractivity contribution is 0.102. The first-order valence-corrected chi connectivity index (χ1v) is 9.44. The Bertz CT molecular complexity index is 958. The maximum absolute atomic E-state index is 12.6. The molecule has 0 aliphatic rings. The van der Waals surface area contributed by atoms with Gasteiger partial charge in [-0.05, 0) is 57.2 Å². The molecule has 3 rings (SSSR count). The molecule has 0 aliphatic carbocycles. The summed E-state index contributed by atoms with van der Waals surface area (Å²) in [6.45, 7) is 6.36. The molecule has 0 aliphatic heterocycles. The molecule has 0 saturated carbocycles. The molecule has 0 bridgehead atoms. The summed E-state index contributed by atoms with van der Waals surface area (Å²) in [6, 6.07) is 16.4. The molecule has 1 aromatic heterocycles. The molecule has 1 heterocycles. The van der Waals surface area contributed by atoms with Crippen LogP contribution >= 0.6 is 0 Å². The minimum absolute atomic E-state index is 0.115. The number of hydrogen-bond donors (Lipinski definition) is 2. The highest BCUT2D eigenvalue weighted by Gasteiger charge is 2.12. The van der Waals surface area contributed by atoms with Crippen molar-refractivity contribution in [3.05, 3.63) is 66.6 Å². The summed E-state index contributed by atoms with van der Waals surface area (Å²) < 4.78 is 11.2. The lowest BCUT2D eigenvalue weighted by Crippen LogP contribution is -2.15. The van der Waals surface area contributed by atoms with E-state index in [1.54, 1.807) is 18.2 Å². The second-order valence-corrected chi connectivity index (χ2v) is 6.49. The van der Waals surface area contributed by atoms with Crippen LogP contribution in [0.3, 0.4) is 0 Å². The molecule has 0 saturated heterocycles. The standard InChI is InChI=1S/C22H24N4O3/c1-4-28-20-8-6-5-7-18(20)26-22(27)19-13-21(24-14-23-19)25-16-9-11-17(12-10-16)29-15(2)3/h5-15H,4H2,1-3H3,(H,26,27)(H,23,24,25). The minimum Gasteiger partial charge on any atom is -0.492 e. The third-order valence-electron chi connectivity index (χ3n) is 3.83. The van der Waals surface area contributed by atoms with E-state index in [0.29, 0.717) is 23.9 Å². The summed E-state index contributed by atoms with van der Waals surface area (Å²) in [7, 11) is 0. The van der Waals surface area contributed by atoms with E-state index in [-0.39, 0.29) is 17.7 Å². The Kier molecular flexibility index (Phi) is 6.63. The van der Waals surface area contributed by atoms with Crippen LogP contribution in [-0.4, -0.2) is 28.6 Å². The summed E-state index contributed by atoms with van der Waals surface area (Å²) in [5.74, 6) is 1.57. The third kappa shape index (κ3) is 5.68. The molecule has 0 atom stereocenters. The van der Waals surface area contributed by atoms with Gasteiger partial charge in [0, 0.05) is 11.8 Å². The first-order valence-electron chi connectivity index (χ1n) is 9.44. The van der Waals surface area contributed by atoms with E-state index in [1.165, 1.54) is 6.33 Å². The van der Waals surface area contributed by atoms with Gasteiger partial charge in [-0.3, -0.25) is 4.79 Å². The number of nitrogens with one attached hydrogen (secondary N) is 2. The molecule has 29 heavy (non-hydrogen) atoms. The molecule has 7 nitrogen and oxygen atoms in total. The second-order valence-electron chi connectivity index (χ2n) is 6.49. The molecule has 1 amide bonds. The maximum Gasteiger partial charge on any atom is 0.274 e. The Labute approximate surface area is 170 Å². The quantitative estimate of drug-likeness (QED) is 0.580. The van der Waals surface area contributed by atoms with Crippen molar-refractivity contribution in [2.45, 2.75) is 26.9 Å². The molecule has 3 aromatic rings. The normalized spacial score (nSPS) is 10.5. The van der Waals surface area contributed by atoms with Crippen molar-refractivity contribution >= 4 is 23.1 Å². The zero-order valence-electron chi connectivity index (χ0n) is 16.7. The summed E-state index contributed by atoms with van der Waals surface area (Å²) >= 11 is 0. The average molecular weight is 392 g/mol. The molecule has 150 valence electrons. The van der Waals surface area contributed by atoms with Crippen LogP contribution in [0.1, 0.15) is 31.3 Å². The fraction of sp³-hybridized carbons (Fsp3) is 0.227. The summed E-state index contributed by atoms with van der Waals surface area (Å²) in [5, 5.41) is 5.99. The van der Waals surface area contributed by atoms with Crippen molar-refractivity contribution in [3.8, 4) is 11.5 Å². The Hall–Kier alpha value is -3.61. The van der Waals surface area contributed by atoms with E-state index in [0.717, 1.165) is 11.4 Å². The van der Waals surface area contributed by atoms with Gasteiger partial charge >= 0.3 is 0 Å². The second kappa shape index (κ2) is 9.54. The number of benzene rings is 2. The predicted molar refractivity (Wildman–Crippen MR) is 113 cm³/mol. The Morgan fingerprint density at radius 1 is 1.07 bits per heavy atom. The van der Waals surface area contributed by atoms with E-state index in [2.05, 4.69) is 20.6 Å². The zero-order chi connectivity index (χ0) is 20.6. The highest BCUT2D eigenvalue weighted by atomic mass is 16.5. The topological polar surface area (TPSA) is 85.4 Å². The van der Waals surface area contributed by atoms with Gasteiger partial charge in [0.2, 0.25) is 0 Å². The fourth-order valence-electron chi connectivity index (χ4n) is 2.62. The van der Waals surface area contributed by atoms with E-state index in [9.17, 15) is 4.79 Å². The van der Waals surface area contributed by atoms with Gasteiger partial charge in [0.25, 0.3) is 5.91 Å². The molecule has 0 unspecified atom stereocenters. The molecule has 7 heteroatoms. The number of nitrogens with zero attached hydrogens (tertiary/aromatic N) is 2. The van der Waals surface area contributed by atoms with Crippen LogP contribution in [0.15, 0.2) is 60.9 Å². The van der Waals surface area contributed by atoms with Gasteiger partial charge in [0.05, 0.1) is 18.4 Å². The molecule has 0 spiro atoms. The van der Waals surface area contributed by atoms with Crippen molar-refractivity contribution in [1.29, 1.82) is 0 Å². The van der Waals surface area contributed by atoms with Crippen LogP contribution < -0.4 is 20.1 Å². The van der Waals surface area contributed by atoms with Crippen LogP contribution in [0.25, 0.3) is 0 Å². The first-order chi connectivity index (χ1) is 14.0. The largest absolute Gasteiger partial charge is 0.492 e. The van der Waals surface area contributed by atoms with Gasteiger partial charge < -0.3 is 20.1 Å². The van der Waals surface area contributed by atoms with Crippen LogP contribution in [0, 0.1) is 0 Å². The fourth-order valence-corrected chi connectivity index (χ4v) is 2.62. The average Bonchev–Trinajstić information content (AvgIpc) is 2.71. The minimum atomic E-state index is -0.344. The molecular weight excluding hydrogens is 368 g/mol. The number of ether oxygens (including phenoxy) is 2. The zero-order valence-corrected chi connectivity index (χ0v) is 16.7. The molecule has 2 aromatic carbocycles. The number of rotatable bonds is 8. The van der Waals surface area contributed by atoms with Crippen LogP contribution in [0.4, 0.5) is 17.2 Å². The van der Waals surface area contributed by atoms with Crippen molar-refractivity contribution in [1.82, 2.24) is 9.97 Å². The van der Waals surface area contributed by atoms with Gasteiger partial charge in [0.1, 0.15) is 29.3 Å². The molecular formula is C22H24N4O3. The van der Waals surface area contributed by atoms with Crippen LogP contribution in [0.2, 0.25) is 0 Å². The smallest absolute Gasteiger partial charge is 0.274 e. The number of anilines is 3. The van der Waals surface area contributed by atoms with Crippen molar-refractivity contribution in [2.24, 2.45) is 0 Å². The van der Waals surface area contributed by atoms with Gasteiger partial charge in [-0.15, -0.1) is 0 Å². The SMILES string of the molecule is CCOc1ccccc1NC(=O)c1cc(Nc2ccc(OC(C)C)cc2)ncn1. The van der Waals surface area contributed by atoms with E-state index < -0.39 is 0 Å². The number of carbonyl (C=O) groups is 1. The Morgan fingerprint density at radius 3 is 2.55 bits per heavy atom. The van der Waals surface area contributed by atoms with E-state index >= 15 is 0 Å². The lowest BCUT2D eigenvalue weighted by Gasteiger charge is -2.12. The van der Waals surface area contributed by atoms with Crippen molar-refractivity contribution in [2.75, 3.05) is 17.2 Å². The van der Waals surface area contributed by atoms with E-state index in [1.807, 2.05) is 57.2 Å². The van der Waals surface area contributed by atoms with E-state index in [4.69, 9.17) is 9.47 Å². The lowest BCUT2D eigenvalue weighted by atomic mass is 10.2.